The summed E-state index contributed by atoms with van der Waals surface area (Å²) in [6.07, 6.45) is -0.203. The van der Waals surface area contributed by atoms with Gasteiger partial charge in [0, 0.05) is 15.7 Å². The van der Waals surface area contributed by atoms with Crippen molar-refractivity contribution >= 4 is 21.9 Å². The van der Waals surface area contributed by atoms with Crippen LogP contribution in [0.3, 0.4) is 0 Å². The van der Waals surface area contributed by atoms with Gasteiger partial charge < -0.3 is 9.84 Å². The van der Waals surface area contributed by atoms with Crippen molar-refractivity contribution in [3.63, 3.8) is 0 Å². The van der Waals surface area contributed by atoms with Gasteiger partial charge >= 0.3 is 5.97 Å². The largest absolute Gasteiger partial charge is 0.496 e. The fourth-order valence-electron chi connectivity index (χ4n) is 1.86. The van der Waals surface area contributed by atoms with Gasteiger partial charge in [0.05, 0.1) is 12.8 Å². The summed E-state index contributed by atoms with van der Waals surface area (Å²) in [5, 5.41) is 8.85. The Morgan fingerprint density at radius 1 is 1.35 bits per heavy atom. The molecule has 0 bridgehead atoms. The van der Waals surface area contributed by atoms with Crippen molar-refractivity contribution < 1.29 is 14.6 Å². The molecule has 1 heterocycles. The van der Waals surface area contributed by atoms with E-state index in [9.17, 15) is 4.79 Å². The van der Waals surface area contributed by atoms with Crippen molar-refractivity contribution in [2.45, 2.75) is 13.3 Å². The minimum atomic E-state index is -0.956. The van der Waals surface area contributed by atoms with Gasteiger partial charge in [0.15, 0.2) is 0 Å². The Kier molecular flexibility index (Phi) is 4.34. The van der Waals surface area contributed by atoms with E-state index in [1.807, 2.05) is 18.2 Å². The average Bonchev–Trinajstić information content (AvgIpc) is 2.37. The summed E-state index contributed by atoms with van der Waals surface area (Å²) in [5.41, 5.74) is 2.15. The van der Waals surface area contributed by atoms with Gasteiger partial charge in [-0.15, -0.1) is 0 Å². The van der Waals surface area contributed by atoms with E-state index in [1.54, 1.807) is 20.1 Å². The van der Waals surface area contributed by atoms with Crippen molar-refractivity contribution in [3.8, 4) is 17.0 Å². The highest BCUT2D eigenvalue weighted by atomic mass is 79.9. The van der Waals surface area contributed by atoms with Gasteiger partial charge in [-0.05, 0) is 31.2 Å². The molecule has 0 atom stereocenters. The molecule has 20 heavy (non-hydrogen) atoms. The van der Waals surface area contributed by atoms with Crippen LogP contribution in [0.1, 0.15) is 11.5 Å². The molecular formula is C14H13BrN2O3. The maximum absolute atomic E-state index is 10.8. The number of ether oxygens (including phenoxy) is 1. The lowest BCUT2D eigenvalue weighted by Crippen LogP contribution is -2.07. The molecule has 0 fully saturated rings. The van der Waals surface area contributed by atoms with Gasteiger partial charge in [0.1, 0.15) is 18.0 Å². The Bertz CT molecular complexity index is 659. The third-order valence-corrected chi connectivity index (χ3v) is 3.14. The maximum Gasteiger partial charge on any atom is 0.311 e. The van der Waals surface area contributed by atoms with Gasteiger partial charge in [-0.25, -0.2) is 9.97 Å². The molecule has 0 saturated carbocycles. The van der Waals surface area contributed by atoms with Gasteiger partial charge in [0.25, 0.3) is 0 Å². The van der Waals surface area contributed by atoms with Gasteiger partial charge in [0.2, 0.25) is 0 Å². The zero-order valence-electron chi connectivity index (χ0n) is 11.1. The summed E-state index contributed by atoms with van der Waals surface area (Å²) in [7, 11) is 1.58. The Labute approximate surface area is 124 Å². The summed E-state index contributed by atoms with van der Waals surface area (Å²) >= 11 is 3.41. The number of hydrogen-bond donors (Lipinski definition) is 1. The molecule has 1 N–H and O–H groups in total. The standard InChI is InChI=1S/C14H13BrN2O3/c1-8-5-11(17-13(16-8)7-14(18)19)10-6-9(15)3-4-12(10)20-2/h3-6H,7H2,1-2H3,(H,18,19). The lowest BCUT2D eigenvalue weighted by molar-refractivity contribution is -0.136. The fourth-order valence-corrected chi connectivity index (χ4v) is 2.22. The number of aliphatic carboxylic acids is 1. The fraction of sp³-hybridized carbons (Fsp3) is 0.214. The number of methoxy groups -OCH3 is 1. The normalized spacial score (nSPS) is 10.3. The summed E-state index contributed by atoms with van der Waals surface area (Å²) in [4.78, 5) is 19.2. The molecule has 1 aromatic heterocycles. The molecule has 2 aromatic rings. The van der Waals surface area contributed by atoms with E-state index >= 15 is 0 Å². The Balaban J connectivity index is 2.54. The summed E-state index contributed by atoms with van der Waals surface area (Å²) in [6, 6.07) is 7.38. The number of nitrogens with zero attached hydrogens (tertiary/aromatic N) is 2. The van der Waals surface area contributed by atoms with Crippen LogP contribution in [0.25, 0.3) is 11.3 Å². The van der Waals surface area contributed by atoms with E-state index in [2.05, 4.69) is 25.9 Å². The third-order valence-electron chi connectivity index (χ3n) is 2.65. The Morgan fingerprint density at radius 2 is 2.10 bits per heavy atom. The average molecular weight is 337 g/mol. The molecule has 2 rings (SSSR count). The molecule has 0 saturated heterocycles. The Hall–Kier alpha value is -1.95. The minimum Gasteiger partial charge on any atom is -0.496 e. The van der Waals surface area contributed by atoms with Crippen LogP contribution in [0.2, 0.25) is 0 Å². The number of carboxylic acids is 1. The number of aryl methyl sites for hydroxylation is 1. The number of benzene rings is 1. The molecule has 0 aliphatic rings. The molecule has 0 aliphatic heterocycles. The van der Waals surface area contributed by atoms with Crippen LogP contribution in [-0.2, 0) is 11.2 Å². The van der Waals surface area contributed by atoms with E-state index < -0.39 is 5.97 Å². The number of aromatic nitrogens is 2. The first-order valence-electron chi connectivity index (χ1n) is 5.90. The minimum absolute atomic E-state index is 0.203. The van der Waals surface area contributed by atoms with Crippen molar-refractivity contribution in [1.82, 2.24) is 9.97 Å². The number of rotatable bonds is 4. The first kappa shape index (κ1) is 14.5. The first-order valence-corrected chi connectivity index (χ1v) is 6.69. The third kappa shape index (κ3) is 3.33. The van der Waals surface area contributed by atoms with Crippen LogP contribution in [0, 0.1) is 6.92 Å². The van der Waals surface area contributed by atoms with Gasteiger partial charge in [-0.2, -0.15) is 0 Å². The summed E-state index contributed by atoms with van der Waals surface area (Å²) in [6.45, 7) is 1.81. The Morgan fingerprint density at radius 3 is 2.75 bits per heavy atom. The van der Waals surface area contributed by atoms with Gasteiger partial charge in [-0.1, -0.05) is 15.9 Å². The molecule has 5 nitrogen and oxygen atoms in total. The van der Waals surface area contributed by atoms with E-state index in [0.29, 0.717) is 17.1 Å². The van der Waals surface area contributed by atoms with E-state index in [1.165, 1.54) is 0 Å². The molecular weight excluding hydrogens is 324 g/mol. The predicted molar refractivity (Wildman–Crippen MR) is 77.8 cm³/mol. The second-order valence-corrected chi connectivity index (χ2v) is 5.14. The van der Waals surface area contributed by atoms with Crippen LogP contribution >= 0.6 is 15.9 Å². The molecule has 0 spiro atoms. The molecule has 6 heteroatoms. The van der Waals surface area contributed by atoms with Crippen molar-refractivity contribution in [1.29, 1.82) is 0 Å². The van der Waals surface area contributed by atoms with Crippen LogP contribution in [0.15, 0.2) is 28.7 Å². The first-order chi connectivity index (χ1) is 9.49. The zero-order valence-corrected chi connectivity index (χ0v) is 12.6. The van der Waals surface area contributed by atoms with E-state index in [0.717, 1.165) is 10.0 Å². The smallest absolute Gasteiger partial charge is 0.311 e. The molecule has 1 aromatic carbocycles. The molecule has 0 radical (unpaired) electrons. The number of carbonyl (C=O) groups is 1. The summed E-state index contributed by atoms with van der Waals surface area (Å²) in [5.74, 6) is 0.00450. The highest BCUT2D eigenvalue weighted by molar-refractivity contribution is 9.10. The zero-order chi connectivity index (χ0) is 14.7. The van der Waals surface area contributed by atoms with Crippen molar-refractivity contribution in [3.05, 3.63) is 40.3 Å². The van der Waals surface area contributed by atoms with E-state index in [-0.39, 0.29) is 12.2 Å². The maximum atomic E-state index is 10.8. The molecule has 0 amide bonds. The second kappa shape index (κ2) is 6.00. The van der Waals surface area contributed by atoms with E-state index in [4.69, 9.17) is 9.84 Å². The lowest BCUT2D eigenvalue weighted by Gasteiger charge is -2.10. The summed E-state index contributed by atoms with van der Waals surface area (Å²) < 4.78 is 6.21. The lowest BCUT2D eigenvalue weighted by atomic mass is 10.1. The van der Waals surface area contributed by atoms with Crippen molar-refractivity contribution in [2.24, 2.45) is 0 Å². The highest BCUT2D eigenvalue weighted by Crippen LogP contribution is 2.31. The quantitative estimate of drug-likeness (QED) is 0.929. The monoisotopic (exact) mass is 336 g/mol. The number of halogens is 1. The second-order valence-electron chi connectivity index (χ2n) is 4.23. The van der Waals surface area contributed by atoms with Crippen molar-refractivity contribution in [2.75, 3.05) is 7.11 Å². The molecule has 104 valence electrons. The molecule has 0 aliphatic carbocycles. The van der Waals surface area contributed by atoms with Gasteiger partial charge in [-0.3, -0.25) is 4.79 Å². The van der Waals surface area contributed by atoms with Crippen LogP contribution < -0.4 is 4.74 Å². The highest BCUT2D eigenvalue weighted by Gasteiger charge is 2.12. The van der Waals surface area contributed by atoms with Crippen LogP contribution in [-0.4, -0.2) is 28.2 Å². The topological polar surface area (TPSA) is 72.3 Å². The SMILES string of the molecule is COc1ccc(Br)cc1-c1cc(C)nc(CC(=O)O)n1. The predicted octanol–water partition coefficient (Wildman–Crippen LogP) is 2.85. The molecule has 0 unspecified atom stereocenters. The van der Waals surface area contributed by atoms with Crippen LogP contribution in [0.5, 0.6) is 5.75 Å². The number of carboxylic acid groups (broad SMARTS) is 1. The number of hydrogen-bond acceptors (Lipinski definition) is 4. The van der Waals surface area contributed by atoms with Crippen LogP contribution in [0.4, 0.5) is 0 Å².